The number of hydrogen-bond acceptors (Lipinski definition) is 7. The summed E-state index contributed by atoms with van der Waals surface area (Å²) in [4.78, 5) is 18.0. The van der Waals surface area contributed by atoms with Gasteiger partial charge in [0, 0.05) is 32.8 Å². The average Bonchev–Trinajstić information content (AvgIpc) is 2.90. The molecular weight excluding hydrogens is 294 g/mol. The highest BCUT2D eigenvalue weighted by Crippen LogP contribution is 2.24. The lowest BCUT2D eigenvalue weighted by molar-refractivity contribution is 0.208. The largest absolute Gasteiger partial charge is 0.467 e. The van der Waals surface area contributed by atoms with Crippen molar-refractivity contribution < 1.29 is 9.84 Å². The number of rotatable bonds is 4. The summed E-state index contributed by atoms with van der Waals surface area (Å²) in [6, 6.07) is 0.375. The topological polar surface area (TPSA) is 74.6 Å². The minimum absolute atomic E-state index is 0.220. The van der Waals surface area contributed by atoms with E-state index in [2.05, 4.69) is 19.8 Å². The van der Waals surface area contributed by atoms with Gasteiger partial charge in [0.25, 0.3) is 0 Å². The summed E-state index contributed by atoms with van der Waals surface area (Å²) in [5, 5.41) is 9.43. The molecule has 0 aromatic carbocycles. The molecule has 2 aliphatic rings. The third kappa shape index (κ3) is 4.02. The van der Waals surface area contributed by atoms with Gasteiger partial charge in [-0.1, -0.05) is 12.8 Å². The van der Waals surface area contributed by atoms with E-state index in [1.165, 1.54) is 25.7 Å². The van der Waals surface area contributed by atoms with Crippen LogP contribution in [-0.4, -0.2) is 60.0 Å². The zero-order chi connectivity index (χ0) is 16.1. The second kappa shape index (κ2) is 7.77. The van der Waals surface area contributed by atoms with E-state index in [9.17, 15) is 5.11 Å². The first kappa shape index (κ1) is 16.2. The van der Waals surface area contributed by atoms with Crippen molar-refractivity contribution in [3.63, 3.8) is 0 Å². The number of hydrogen-bond donors (Lipinski definition) is 1. The lowest BCUT2D eigenvalue weighted by Crippen LogP contribution is -2.38. The van der Waals surface area contributed by atoms with Gasteiger partial charge >= 0.3 is 6.01 Å². The van der Waals surface area contributed by atoms with Gasteiger partial charge in [0.15, 0.2) is 0 Å². The lowest BCUT2D eigenvalue weighted by atomic mass is 9.99. The molecular formula is C16H27N5O2. The molecule has 0 aliphatic carbocycles. The van der Waals surface area contributed by atoms with Gasteiger partial charge in [-0.2, -0.15) is 15.0 Å². The summed E-state index contributed by atoms with van der Waals surface area (Å²) in [5.41, 5.74) is 0. The Kier molecular flexibility index (Phi) is 5.48. The molecule has 2 aliphatic heterocycles. The highest BCUT2D eigenvalue weighted by Gasteiger charge is 2.24. The zero-order valence-electron chi connectivity index (χ0n) is 13.9. The van der Waals surface area contributed by atoms with Crippen molar-refractivity contribution >= 4 is 11.9 Å². The molecule has 1 atom stereocenters. The van der Waals surface area contributed by atoms with Crippen LogP contribution in [0.3, 0.4) is 0 Å². The number of nitrogens with zero attached hydrogens (tertiary/aromatic N) is 5. The third-order valence-corrected chi connectivity index (χ3v) is 4.72. The van der Waals surface area contributed by atoms with Gasteiger partial charge in [-0.05, 0) is 31.6 Å². The monoisotopic (exact) mass is 321 g/mol. The van der Waals surface area contributed by atoms with E-state index < -0.39 is 0 Å². The molecule has 7 heteroatoms. The van der Waals surface area contributed by atoms with Gasteiger partial charge in [-0.3, -0.25) is 0 Å². The third-order valence-electron chi connectivity index (χ3n) is 4.72. The van der Waals surface area contributed by atoms with Crippen molar-refractivity contribution in [3.05, 3.63) is 0 Å². The van der Waals surface area contributed by atoms with Gasteiger partial charge in [0.1, 0.15) is 0 Å². The van der Waals surface area contributed by atoms with Crippen molar-refractivity contribution in [1.82, 2.24) is 15.0 Å². The minimum Gasteiger partial charge on any atom is -0.467 e. The normalized spacial score (nSPS) is 22.8. The summed E-state index contributed by atoms with van der Waals surface area (Å²) in [5.74, 6) is 1.70. The molecule has 0 saturated carbocycles. The summed E-state index contributed by atoms with van der Waals surface area (Å²) in [6.45, 7) is 3.92. The molecule has 23 heavy (non-hydrogen) atoms. The zero-order valence-corrected chi connectivity index (χ0v) is 13.9. The number of anilines is 2. The summed E-state index contributed by atoms with van der Waals surface area (Å²) in [6.07, 6.45) is 7.03. The van der Waals surface area contributed by atoms with E-state index in [4.69, 9.17) is 9.72 Å². The number of methoxy groups -OCH3 is 1. The van der Waals surface area contributed by atoms with Crippen LogP contribution in [0.25, 0.3) is 0 Å². The highest BCUT2D eigenvalue weighted by molar-refractivity contribution is 5.41. The summed E-state index contributed by atoms with van der Waals surface area (Å²) < 4.78 is 5.30. The number of aromatic nitrogens is 3. The molecule has 1 aromatic heterocycles. The first-order valence-corrected chi connectivity index (χ1v) is 8.71. The van der Waals surface area contributed by atoms with Crippen molar-refractivity contribution in [2.75, 3.05) is 49.7 Å². The highest BCUT2D eigenvalue weighted by atomic mass is 16.5. The first-order chi connectivity index (χ1) is 11.3. The van der Waals surface area contributed by atoms with E-state index in [0.29, 0.717) is 17.9 Å². The molecule has 3 heterocycles. The molecule has 2 saturated heterocycles. The number of ether oxygens (including phenoxy) is 1. The molecule has 0 spiro atoms. The SMILES string of the molecule is COc1nc(N2CCCCCC2)nc(N2CCCC(CO)C2)n1. The standard InChI is InChI=1S/C16H27N5O2/c1-23-16-18-14(20-8-4-2-3-5-9-20)17-15(19-16)21-10-6-7-13(11-21)12-22/h13,22H,2-12H2,1H3. The summed E-state index contributed by atoms with van der Waals surface area (Å²) in [7, 11) is 1.60. The lowest BCUT2D eigenvalue weighted by Gasteiger charge is -2.32. The van der Waals surface area contributed by atoms with E-state index in [-0.39, 0.29) is 6.61 Å². The summed E-state index contributed by atoms with van der Waals surface area (Å²) >= 11 is 0. The quantitative estimate of drug-likeness (QED) is 0.900. The smallest absolute Gasteiger partial charge is 0.322 e. The average molecular weight is 321 g/mol. The van der Waals surface area contributed by atoms with E-state index in [0.717, 1.165) is 45.0 Å². The predicted octanol–water partition coefficient (Wildman–Crippen LogP) is 1.47. The Morgan fingerprint density at radius 1 is 0.957 bits per heavy atom. The molecule has 0 amide bonds. The Bertz CT molecular complexity index is 505. The minimum atomic E-state index is 0.220. The molecule has 3 rings (SSSR count). The van der Waals surface area contributed by atoms with Gasteiger partial charge < -0.3 is 19.6 Å². The van der Waals surface area contributed by atoms with Crippen LogP contribution in [0, 0.1) is 5.92 Å². The maximum atomic E-state index is 9.43. The fourth-order valence-corrected chi connectivity index (χ4v) is 3.38. The van der Waals surface area contributed by atoms with Crippen molar-refractivity contribution in [3.8, 4) is 6.01 Å². The molecule has 0 radical (unpaired) electrons. The van der Waals surface area contributed by atoms with Gasteiger partial charge in [0.2, 0.25) is 11.9 Å². The Balaban J connectivity index is 1.83. The maximum absolute atomic E-state index is 9.43. The molecule has 1 aromatic rings. The number of aliphatic hydroxyl groups is 1. The van der Waals surface area contributed by atoms with Crippen LogP contribution in [-0.2, 0) is 0 Å². The van der Waals surface area contributed by atoms with Crippen molar-refractivity contribution in [2.24, 2.45) is 5.92 Å². The van der Waals surface area contributed by atoms with Crippen LogP contribution in [0.2, 0.25) is 0 Å². The molecule has 7 nitrogen and oxygen atoms in total. The maximum Gasteiger partial charge on any atom is 0.322 e. The predicted molar refractivity (Wildman–Crippen MR) is 89.1 cm³/mol. The number of aliphatic hydroxyl groups excluding tert-OH is 1. The van der Waals surface area contributed by atoms with Crippen molar-refractivity contribution in [2.45, 2.75) is 38.5 Å². The van der Waals surface area contributed by atoms with E-state index in [1.807, 2.05) is 0 Å². The van der Waals surface area contributed by atoms with Crippen LogP contribution in [0.4, 0.5) is 11.9 Å². The van der Waals surface area contributed by atoms with Crippen LogP contribution in [0.15, 0.2) is 0 Å². The molecule has 1 N–H and O–H groups in total. The Labute approximate surface area is 137 Å². The number of piperidine rings is 1. The fraction of sp³-hybridized carbons (Fsp3) is 0.812. The van der Waals surface area contributed by atoms with E-state index >= 15 is 0 Å². The van der Waals surface area contributed by atoms with Crippen LogP contribution in [0.5, 0.6) is 6.01 Å². The van der Waals surface area contributed by atoms with Crippen LogP contribution < -0.4 is 14.5 Å². The first-order valence-electron chi connectivity index (χ1n) is 8.71. The fourth-order valence-electron chi connectivity index (χ4n) is 3.38. The van der Waals surface area contributed by atoms with E-state index in [1.54, 1.807) is 7.11 Å². The molecule has 1 unspecified atom stereocenters. The molecule has 2 fully saturated rings. The van der Waals surface area contributed by atoms with Crippen LogP contribution >= 0.6 is 0 Å². The van der Waals surface area contributed by atoms with Crippen LogP contribution in [0.1, 0.15) is 38.5 Å². The Morgan fingerprint density at radius 2 is 1.61 bits per heavy atom. The van der Waals surface area contributed by atoms with Gasteiger partial charge in [0.05, 0.1) is 7.11 Å². The molecule has 128 valence electrons. The Morgan fingerprint density at radius 3 is 2.26 bits per heavy atom. The van der Waals surface area contributed by atoms with Gasteiger partial charge in [-0.15, -0.1) is 0 Å². The molecule has 0 bridgehead atoms. The second-order valence-electron chi connectivity index (χ2n) is 6.46. The second-order valence-corrected chi connectivity index (χ2v) is 6.46. The van der Waals surface area contributed by atoms with Crippen molar-refractivity contribution in [1.29, 1.82) is 0 Å². The van der Waals surface area contributed by atoms with Gasteiger partial charge in [-0.25, -0.2) is 0 Å². The Hall–Kier alpha value is -1.63.